The van der Waals surface area contributed by atoms with E-state index in [1.807, 2.05) is 0 Å². The molecule has 0 aromatic heterocycles. The Labute approximate surface area is 121 Å². The van der Waals surface area contributed by atoms with Crippen LogP contribution in [0.3, 0.4) is 0 Å². The molecule has 1 saturated carbocycles. The van der Waals surface area contributed by atoms with E-state index in [-0.39, 0.29) is 22.1 Å². The Morgan fingerprint density at radius 2 is 1.95 bits per heavy atom. The third-order valence-corrected chi connectivity index (χ3v) is 4.27. The Bertz CT molecular complexity index is 538. The van der Waals surface area contributed by atoms with Crippen molar-refractivity contribution in [3.05, 3.63) is 22.5 Å². The molecule has 1 aliphatic rings. The van der Waals surface area contributed by atoms with Crippen LogP contribution in [0.1, 0.15) is 31.2 Å². The van der Waals surface area contributed by atoms with Gasteiger partial charge in [0.1, 0.15) is 10.8 Å². The second-order valence-electron chi connectivity index (χ2n) is 4.88. The van der Waals surface area contributed by atoms with Crippen LogP contribution in [0.5, 0.6) is 11.5 Å². The number of rotatable bonds is 4. The summed E-state index contributed by atoms with van der Waals surface area (Å²) in [4.78, 5) is 11.7. The van der Waals surface area contributed by atoms with Gasteiger partial charge in [-0.1, -0.05) is 24.4 Å². The average molecular weight is 303 g/mol. The van der Waals surface area contributed by atoms with E-state index in [1.165, 1.54) is 20.3 Å². The number of benzene rings is 1. The lowest BCUT2D eigenvalue weighted by Crippen LogP contribution is -2.33. The first-order valence-corrected chi connectivity index (χ1v) is 6.69. The van der Waals surface area contributed by atoms with Crippen molar-refractivity contribution in [3.8, 4) is 11.5 Å². The molecule has 20 heavy (non-hydrogen) atoms. The van der Waals surface area contributed by atoms with E-state index in [9.17, 15) is 14.3 Å². The van der Waals surface area contributed by atoms with Crippen molar-refractivity contribution in [3.63, 3.8) is 0 Å². The highest BCUT2D eigenvalue weighted by atomic mass is 35.5. The van der Waals surface area contributed by atoms with E-state index < -0.39 is 17.2 Å². The maximum Gasteiger partial charge on any atom is 0.314 e. The maximum atomic E-state index is 14.5. The molecule has 1 aliphatic carbocycles. The Balaban J connectivity index is 2.68. The summed E-state index contributed by atoms with van der Waals surface area (Å²) in [5.41, 5.74) is -1.15. The van der Waals surface area contributed by atoms with Gasteiger partial charge in [0.2, 0.25) is 0 Å². The smallest absolute Gasteiger partial charge is 0.314 e. The summed E-state index contributed by atoms with van der Waals surface area (Å²) in [5, 5.41) is 9.30. The average Bonchev–Trinajstić information content (AvgIpc) is 2.92. The number of methoxy groups -OCH3 is 2. The van der Waals surface area contributed by atoms with E-state index >= 15 is 0 Å². The molecule has 0 radical (unpaired) electrons. The van der Waals surface area contributed by atoms with Gasteiger partial charge in [-0.25, -0.2) is 4.39 Å². The van der Waals surface area contributed by atoms with Gasteiger partial charge in [0, 0.05) is 5.56 Å². The second-order valence-corrected chi connectivity index (χ2v) is 5.26. The number of ether oxygens (including phenoxy) is 2. The van der Waals surface area contributed by atoms with Crippen LogP contribution in [-0.4, -0.2) is 25.3 Å². The van der Waals surface area contributed by atoms with Gasteiger partial charge >= 0.3 is 5.97 Å². The molecular formula is C14H16ClFO4. The number of carboxylic acid groups (broad SMARTS) is 1. The van der Waals surface area contributed by atoms with Crippen LogP contribution >= 0.6 is 11.6 Å². The Hall–Kier alpha value is -1.49. The fourth-order valence-electron chi connectivity index (χ4n) is 2.85. The molecule has 4 nitrogen and oxygen atoms in total. The highest BCUT2D eigenvalue weighted by Gasteiger charge is 2.46. The van der Waals surface area contributed by atoms with Crippen molar-refractivity contribution in [2.75, 3.05) is 14.2 Å². The second kappa shape index (κ2) is 5.48. The van der Waals surface area contributed by atoms with E-state index in [1.54, 1.807) is 0 Å². The monoisotopic (exact) mass is 302 g/mol. The molecule has 6 heteroatoms. The number of hydrogen-bond donors (Lipinski definition) is 1. The van der Waals surface area contributed by atoms with Crippen molar-refractivity contribution in [1.29, 1.82) is 0 Å². The quantitative estimate of drug-likeness (QED) is 0.926. The predicted molar refractivity (Wildman–Crippen MR) is 72.3 cm³/mol. The van der Waals surface area contributed by atoms with Crippen molar-refractivity contribution in [2.24, 2.45) is 0 Å². The molecule has 0 spiro atoms. The topological polar surface area (TPSA) is 55.8 Å². The van der Waals surface area contributed by atoms with Gasteiger partial charge in [0.05, 0.1) is 19.6 Å². The van der Waals surface area contributed by atoms with Crippen LogP contribution in [0.4, 0.5) is 4.39 Å². The fourth-order valence-corrected chi connectivity index (χ4v) is 3.13. The molecule has 110 valence electrons. The summed E-state index contributed by atoms with van der Waals surface area (Å²) in [7, 11) is 2.75. The molecule has 1 aromatic rings. The van der Waals surface area contributed by atoms with Gasteiger partial charge in [-0.3, -0.25) is 4.79 Å². The van der Waals surface area contributed by atoms with Gasteiger partial charge < -0.3 is 14.6 Å². The lowest BCUT2D eigenvalue weighted by Gasteiger charge is -2.26. The summed E-state index contributed by atoms with van der Waals surface area (Å²) in [6, 6.07) is 1.39. The lowest BCUT2D eigenvalue weighted by atomic mass is 9.78. The summed E-state index contributed by atoms with van der Waals surface area (Å²) >= 11 is 5.95. The Morgan fingerprint density at radius 3 is 2.40 bits per heavy atom. The minimum atomic E-state index is -1.23. The first-order valence-electron chi connectivity index (χ1n) is 6.31. The zero-order valence-corrected chi connectivity index (χ0v) is 12.1. The first-order chi connectivity index (χ1) is 9.47. The number of aliphatic carboxylic acids is 1. The fraction of sp³-hybridized carbons (Fsp3) is 0.500. The van der Waals surface area contributed by atoms with E-state index in [0.717, 1.165) is 12.8 Å². The highest BCUT2D eigenvalue weighted by Crippen LogP contribution is 2.48. The number of halogens is 2. The lowest BCUT2D eigenvalue weighted by molar-refractivity contribution is -0.143. The molecule has 1 aromatic carbocycles. The van der Waals surface area contributed by atoms with Crippen molar-refractivity contribution >= 4 is 17.6 Å². The van der Waals surface area contributed by atoms with Crippen LogP contribution in [0, 0.1) is 5.82 Å². The minimum absolute atomic E-state index is 0.0742. The number of carbonyl (C=O) groups is 1. The van der Waals surface area contributed by atoms with Gasteiger partial charge in [0.15, 0.2) is 11.5 Å². The maximum absolute atomic E-state index is 14.5. The van der Waals surface area contributed by atoms with Crippen LogP contribution in [0.2, 0.25) is 5.02 Å². The normalized spacial score (nSPS) is 17.0. The minimum Gasteiger partial charge on any atom is -0.493 e. The van der Waals surface area contributed by atoms with Gasteiger partial charge in [-0.15, -0.1) is 0 Å². The molecule has 0 unspecified atom stereocenters. The summed E-state index contributed by atoms with van der Waals surface area (Å²) < 4.78 is 24.6. The molecule has 0 bridgehead atoms. The zero-order valence-electron chi connectivity index (χ0n) is 11.3. The molecular weight excluding hydrogens is 287 g/mol. The van der Waals surface area contributed by atoms with Gasteiger partial charge in [-0.2, -0.15) is 0 Å². The Morgan fingerprint density at radius 1 is 1.35 bits per heavy atom. The third kappa shape index (κ3) is 2.10. The molecule has 0 amide bonds. The van der Waals surface area contributed by atoms with Crippen LogP contribution in [0.25, 0.3) is 0 Å². The molecule has 0 aliphatic heterocycles. The molecule has 0 heterocycles. The van der Waals surface area contributed by atoms with Gasteiger partial charge in [-0.05, 0) is 18.9 Å². The molecule has 1 N–H and O–H groups in total. The molecule has 0 saturated heterocycles. The van der Waals surface area contributed by atoms with E-state index in [2.05, 4.69) is 0 Å². The summed E-state index contributed by atoms with van der Waals surface area (Å²) in [6.07, 6.45) is 2.28. The van der Waals surface area contributed by atoms with Gasteiger partial charge in [0.25, 0.3) is 0 Å². The summed E-state index contributed by atoms with van der Waals surface area (Å²) in [5.74, 6) is -1.46. The Kier molecular flexibility index (Phi) is 4.09. The highest BCUT2D eigenvalue weighted by molar-refractivity contribution is 6.32. The molecule has 1 fully saturated rings. The molecule has 0 atom stereocenters. The molecule has 2 rings (SSSR count). The van der Waals surface area contributed by atoms with Crippen LogP contribution in [-0.2, 0) is 10.2 Å². The SMILES string of the molecule is COc1cc(C2(C(=O)O)CCCC2)c(F)c(Cl)c1OC. The van der Waals surface area contributed by atoms with E-state index in [0.29, 0.717) is 12.8 Å². The van der Waals surface area contributed by atoms with Crippen molar-refractivity contribution in [1.82, 2.24) is 0 Å². The van der Waals surface area contributed by atoms with Crippen LogP contribution < -0.4 is 9.47 Å². The van der Waals surface area contributed by atoms with Crippen LogP contribution in [0.15, 0.2) is 6.07 Å². The van der Waals surface area contributed by atoms with E-state index in [4.69, 9.17) is 21.1 Å². The standard InChI is InChI=1S/C14H16ClFO4/c1-19-9-7-8(11(16)10(15)12(9)20-2)14(13(17)18)5-3-4-6-14/h7H,3-6H2,1-2H3,(H,17,18). The number of carboxylic acids is 1. The van der Waals surface area contributed by atoms with Crippen molar-refractivity contribution < 1.29 is 23.8 Å². The zero-order chi connectivity index (χ0) is 14.9. The van der Waals surface area contributed by atoms with Crippen molar-refractivity contribution in [2.45, 2.75) is 31.1 Å². The summed E-state index contributed by atoms with van der Waals surface area (Å²) in [6.45, 7) is 0. The predicted octanol–water partition coefficient (Wildman–Crippen LogP) is 3.39. The first kappa shape index (κ1) is 14.9. The number of hydrogen-bond acceptors (Lipinski definition) is 3. The third-order valence-electron chi connectivity index (χ3n) is 3.93. The largest absolute Gasteiger partial charge is 0.493 e.